The molecule has 1 unspecified atom stereocenters. The standard InChI is InChI=1S/C13H20BrN3O2S/c1-16(2)10-4-3-7-17(9-10)20(18,19)11-5-6-13(15)12(14)8-11/h5-6,8,10H,3-4,7,9,15H2,1-2H3. The van der Waals surface area contributed by atoms with Crippen molar-refractivity contribution in [3.05, 3.63) is 22.7 Å². The molecule has 0 spiro atoms. The molecule has 2 N–H and O–H groups in total. The Morgan fingerprint density at radius 3 is 2.70 bits per heavy atom. The molecule has 1 fully saturated rings. The van der Waals surface area contributed by atoms with E-state index >= 15 is 0 Å². The van der Waals surface area contributed by atoms with Crippen molar-refractivity contribution in [1.82, 2.24) is 9.21 Å². The Labute approximate surface area is 128 Å². The molecule has 0 aliphatic carbocycles. The van der Waals surface area contributed by atoms with Gasteiger partial charge in [-0.25, -0.2) is 8.42 Å². The summed E-state index contributed by atoms with van der Waals surface area (Å²) in [6, 6.07) is 5.03. The van der Waals surface area contributed by atoms with Gasteiger partial charge in [0, 0.05) is 29.3 Å². The molecule has 1 aromatic carbocycles. The third kappa shape index (κ3) is 3.16. The van der Waals surface area contributed by atoms with Crippen molar-refractivity contribution >= 4 is 31.6 Å². The molecule has 1 aromatic rings. The first-order valence-corrected chi connectivity index (χ1v) is 8.77. The predicted octanol–water partition coefficient (Wildman–Crippen LogP) is 1.75. The second-order valence-electron chi connectivity index (χ2n) is 5.31. The molecular formula is C13H20BrN3O2S. The number of hydrogen-bond acceptors (Lipinski definition) is 4. The first-order valence-electron chi connectivity index (χ1n) is 6.54. The summed E-state index contributed by atoms with van der Waals surface area (Å²) < 4.78 is 27.5. The minimum Gasteiger partial charge on any atom is -0.398 e. The largest absolute Gasteiger partial charge is 0.398 e. The second-order valence-corrected chi connectivity index (χ2v) is 8.10. The fraction of sp³-hybridized carbons (Fsp3) is 0.538. The number of hydrogen-bond donors (Lipinski definition) is 1. The molecule has 112 valence electrons. The number of benzene rings is 1. The van der Waals surface area contributed by atoms with E-state index in [-0.39, 0.29) is 10.9 Å². The lowest BCUT2D eigenvalue weighted by Crippen LogP contribution is -2.47. The second kappa shape index (κ2) is 6.01. The first kappa shape index (κ1) is 15.8. The van der Waals surface area contributed by atoms with Gasteiger partial charge in [-0.1, -0.05) is 0 Å². The van der Waals surface area contributed by atoms with Gasteiger partial charge in [0.25, 0.3) is 0 Å². The van der Waals surface area contributed by atoms with Crippen molar-refractivity contribution in [3.8, 4) is 0 Å². The summed E-state index contributed by atoms with van der Waals surface area (Å²) in [5.41, 5.74) is 6.25. The van der Waals surface area contributed by atoms with Crippen LogP contribution in [0, 0.1) is 0 Å². The van der Waals surface area contributed by atoms with Crippen LogP contribution < -0.4 is 5.73 Å². The number of likely N-dealkylation sites (N-methyl/N-ethyl adjacent to an activating group) is 1. The normalized spacial score (nSPS) is 21.3. The van der Waals surface area contributed by atoms with Gasteiger partial charge in [-0.15, -0.1) is 0 Å². The fourth-order valence-electron chi connectivity index (χ4n) is 2.38. The Balaban J connectivity index is 2.27. The van der Waals surface area contributed by atoms with Gasteiger partial charge >= 0.3 is 0 Å². The lowest BCUT2D eigenvalue weighted by atomic mass is 10.1. The van der Waals surface area contributed by atoms with E-state index in [1.807, 2.05) is 14.1 Å². The molecule has 2 rings (SSSR count). The molecule has 1 aliphatic heterocycles. The smallest absolute Gasteiger partial charge is 0.243 e. The van der Waals surface area contributed by atoms with E-state index < -0.39 is 10.0 Å². The van der Waals surface area contributed by atoms with Gasteiger partial charge in [0.05, 0.1) is 4.90 Å². The van der Waals surface area contributed by atoms with Gasteiger partial charge in [-0.2, -0.15) is 4.31 Å². The van der Waals surface area contributed by atoms with Crippen LogP contribution in [0.3, 0.4) is 0 Å². The van der Waals surface area contributed by atoms with Crippen molar-refractivity contribution in [2.75, 3.05) is 32.9 Å². The summed E-state index contributed by atoms with van der Waals surface area (Å²) >= 11 is 3.28. The van der Waals surface area contributed by atoms with Crippen LogP contribution in [0.5, 0.6) is 0 Å². The van der Waals surface area contributed by atoms with Gasteiger partial charge in [0.15, 0.2) is 0 Å². The van der Waals surface area contributed by atoms with Crippen LogP contribution in [-0.2, 0) is 10.0 Å². The van der Waals surface area contributed by atoms with E-state index in [0.29, 0.717) is 23.2 Å². The molecule has 1 atom stereocenters. The summed E-state index contributed by atoms with van der Waals surface area (Å²) in [6.45, 7) is 1.12. The van der Waals surface area contributed by atoms with Crippen molar-refractivity contribution in [2.24, 2.45) is 0 Å². The van der Waals surface area contributed by atoms with E-state index in [0.717, 1.165) is 12.8 Å². The van der Waals surface area contributed by atoms with Crippen LogP contribution in [0.15, 0.2) is 27.6 Å². The van der Waals surface area contributed by atoms with Crippen molar-refractivity contribution < 1.29 is 8.42 Å². The van der Waals surface area contributed by atoms with Gasteiger partial charge in [0.2, 0.25) is 10.0 Å². The van der Waals surface area contributed by atoms with Gasteiger partial charge < -0.3 is 10.6 Å². The molecule has 5 nitrogen and oxygen atoms in total. The Morgan fingerprint density at radius 1 is 1.40 bits per heavy atom. The van der Waals surface area contributed by atoms with E-state index in [2.05, 4.69) is 20.8 Å². The van der Waals surface area contributed by atoms with Gasteiger partial charge in [-0.3, -0.25) is 0 Å². The molecule has 0 radical (unpaired) electrons. The summed E-state index contributed by atoms with van der Waals surface area (Å²) in [7, 11) is 0.527. The topological polar surface area (TPSA) is 66.6 Å². The minimum atomic E-state index is -3.45. The van der Waals surface area contributed by atoms with Gasteiger partial charge in [-0.05, 0) is 61.1 Å². The summed E-state index contributed by atoms with van der Waals surface area (Å²) in [6.07, 6.45) is 1.92. The Morgan fingerprint density at radius 2 is 2.10 bits per heavy atom. The molecule has 1 aliphatic rings. The molecular weight excluding hydrogens is 342 g/mol. The third-order valence-corrected chi connectivity index (χ3v) is 6.25. The van der Waals surface area contributed by atoms with Crippen LogP contribution in [0.1, 0.15) is 12.8 Å². The van der Waals surface area contributed by atoms with Gasteiger partial charge in [0.1, 0.15) is 0 Å². The van der Waals surface area contributed by atoms with Crippen molar-refractivity contribution in [3.63, 3.8) is 0 Å². The maximum Gasteiger partial charge on any atom is 0.243 e. The number of nitrogens with two attached hydrogens (primary N) is 1. The minimum absolute atomic E-state index is 0.274. The first-order chi connectivity index (χ1) is 9.32. The summed E-state index contributed by atoms with van der Waals surface area (Å²) in [5, 5.41) is 0. The van der Waals surface area contributed by atoms with Crippen LogP contribution in [0.25, 0.3) is 0 Å². The molecule has 0 saturated carbocycles. The van der Waals surface area contributed by atoms with Crippen LogP contribution >= 0.6 is 15.9 Å². The number of sulfonamides is 1. The lowest BCUT2D eigenvalue weighted by molar-refractivity contribution is 0.190. The van der Waals surface area contributed by atoms with Crippen LogP contribution in [-0.4, -0.2) is 50.8 Å². The number of rotatable bonds is 3. The highest BCUT2D eigenvalue weighted by Crippen LogP contribution is 2.27. The average Bonchev–Trinajstić information content (AvgIpc) is 2.42. The molecule has 1 saturated heterocycles. The number of nitrogens with zero attached hydrogens (tertiary/aromatic N) is 2. The Bertz CT molecular complexity index is 589. The molecule has 7 heteroatoms. The van der Waals surface area contributed by atoms with Crippen molar-refractivity contribution in [2.45, 2.75) is 23.8 Å². The fourth-order valence-corrected chi connectivity index (χ4v) is 4.45. The highest BCUT2D eigenvalue weighted by Gasteiger charge is 2.31. The lowest BCUT2D eigenvalue weighted by Gasteiger charge is -2.35. The van der Waals surface area contributed by atoms with Crippen LogP contribution in [0.4, 0.5) is 5.69 Å². The molecule has 0 bridgehead atoms. The Hall–Kier alpha value is -0.630. The van der Waals surface area contributed by atoms with E-state index in [4.69, 9.17) is 5.73 Å². The quantitative estimate of drug-likeness (QED) is 0.832. The Kier molecular flexibility index (Phi) is 4.73. The zero-order valence-corrected chi connectivity index (χ0v) is 14.1. The zero-order valence-electron chi connectivity index (χ0n) is 11.7. The summed E-state index contributed by atoms with van der Waals surface area (Å²) in [5.74, 6) is 0. The molecule has 1 heterocycles. The zero-order chi connectivity index (χ0) is 14.9. The number of anilines is 1. The maximum absolute atomic E-state index is 12.7. The maximum atomic E-state index is 12.7. The predicted molar refractivity (Wildman–Crippen MR) is 84.0 cm³/mol. The third-order valence-electron chi connectivity index (χ3n) is 3.70. The van der Waals surface area contributed by atoms with E-state index in [1.165, 1.54) is 0 Å². The average molecular weight is 362 g/mol. The highest BCUT2D eigenvalue weighted by atomic mass is 79.9. The summed E-state index contributed by atoms with van der Waals surface area (Å²) in [4.78, 5) is 2.37. The molecule has 20 heavy (non-hydrogen) atoms. The van der Waals surface area contributed by atoms with E-state index in [1.54, 1.807) is 22.5 Å². The molecule has 0 amide bonds. The number of piperidine rings is 1. The monoisotopic (exact) mass is 361 g/mol. The highest BCUT2D eigenvalue weighted by molar-refractivity contribution is 9.10. The van der Waals surface area contributed by atoms with E-state index in [9.17, 15) is 8.42 Å². The SMILES string of the molecule is CN(C)C1CCCN(S(=O)(=O)c2ccc(N)c(Br)c2)C1. The molecule has 0 aromatic heterocycles. The van der Waals surface area contributed by atoms with Crippen molar-refractivity contribution in [1.29, 1.82) is 0 Å². The number of nitrogen functional groups attached to an aromatic ring is 1. The van der Waals surface area contributed by atoms with Crippen LogP contribution in [0.2, 0.25) is 0 Å². The number of halogens is 1.